The van der Waals surface area contributed by atoms with Crippen LogP contribution < -0.4 is 5.73 Å². The predicted molar refractivity (Wildman–Crippen MR) is 32.0 cm³/mol. The van der Waals surface area contributed by atoms with Crippen molar-refractivity contribution in [1.82, 2.24) is 0 Å². The van der Waals surface area contributed by atoms with E-state index in [9.17, 15) is 0 Å². The molecule has 0 aliphatic carbocycles. The van der Waals surface area contributed by atoms with Crippen LogP contribution in [0.25, 0.3) is 0 Å². The van der Waals surface area contributed by atoms with Crippen LogP contribution in [-0.2, 0) is 0 Å². The molecule has 0 atom stereocenters. The zero-order valence-corrected chi connectivity index (χ0v) is 4.57. The highest BCUT2D eigenvalue weighted by molar-refractivity contribution is 5.55. The van der Waals surface area contributed by atoms with Crippen LogP contribution >= 0.6 is 0 Å². The largest absolute Gasteiger partial charge is 0.390 e. The average Bonchev–Trinajstić information content (AvgIpc) is 1.88. The lowest BCUT2D eigenvalue weighted by Gasteiger charge is -1.77. The predicted octanol–water partition coefficient (Wildman–Crippen LogP) is -0.0955. The number of nitrogens with zero attached hydrogens (tertiary/aromatic N) is 3. The first-order chi connectivity index (χ1) is 4.35. The molecule has 0 aliphatic heterocycles. The van der Waals surface area contributed by atoms with Crippen LogP contribution in [0.1, 0.15) is 0 Å². The molecule has 0 aromatic carbocycles. The van der Waals surface area contributed by atoms with Crippen molar-refractivity contribution in [3.63, 3.8) is 0 Å². The normalized spacial score (nSPS) is 10.7. The molecule has 2 N–H and O–H groups in total. The molecule has 0 fully saturated rings. The first kappa shape index (κ1) is 7.19. The van der Waals surface area contributed by atoms with E-state index in [0.717, 1.165) is 12.4 Å². The van der Waals surface area contributed by atoms with Crippen molar-refractivity contribution in [2.45, 2.75) is 0 Å². The fourth-order valence-electron chi connectivity index (χ4n) is 0.240. The lowest BCUT2D eigenvalue weighted by molar-refractivity contribution is 1.37. The summed E-state index contributed by atoms with van der Waals surface area (Å²) in [6.45, 7) is 0. The average molecular weight is 120 g/mol. The van der Waals surface area contributed by atoms with Crippen molar-refractivity contribution in [2.24, 2.45) is 10.7 Å². The Morgan fingerprint density at radius 3 is 2.56 bits per heavy atom. The lowest BCUT2D eigenvalue weighted by atomic mass is 10.4. The highest BCUT2D eigenvalue weighted by Crippen LogP contribution is 1.89. The monoisotopic (exact) mass is 120 g/mol. The van der Waals surface area contributed by atoms with Crippen LogP contribution in [0.3, 0.4) is 0 Å². The number of nitriles is 2. The van der Waals surface area contributed by atoms with E-state index in [0.29, 0.717) is 0 Å². The van der Waals surface area contributed by atoms with E-state index in [-0.39, 0.29) is 5.70 Å². The highest BCUT2D eigenvalue weighted by Gasteiger charge is 1.84. The van der Waals surface area contributed by atoms with Gasteiger partial charge in [-0.15, -0.1) is 0 Å². The van der Waals surface area contributed by atoms with Gasteiger partial charge in [-0.05, 0) is 0 Å². The molecule has 4 nitrogen and oxygen atoms in total. The summed E-state index contributed by atoms with van der Waals surface area (Å²) >= 11 is 0. The maximum atomic E-state index is 8.15. The molecule has 0 amide bonds. The minimum atomic E-state index is 0.0139. The summed E-state index contributed by atoms with van der Waals surface area (Å²) in [5.74, 6) is 0. The minimum absolute atomic E-state index is 0.0139. The first-order valence-corrected chi connectivity index (χ1v) is 2.09. The Balaban J connectivity index is 4.25. The maximum absolute atomic E-state index is 8.15. The number of aliphatic imine (C=N–C) groups is 1. The molecule has 0 bridgehead atoms. The Kier molecular flexibility index (Phi) is 3.48. The van der Waals surface area contributed by atoms with Gasteiger partial charge in [-0.25, -0.2) is 4.99 Å². The zero-order valence-electron chi connectivity index (χ0n) is 4.57. The smallest absolute Gasteiger partial charge is 0.152 e. The minimum Gasteiger partial charge on any atom is -0.390 e. The maximum Gasteiger partial charge on any atom is 0.152 e. The third kappa shape index (κ3) is 2.84. The van der Waals surface area contributed by atoms with E-state index in [4.69, 9.17) is 16.3 Å². The second-order valence-corrected chi connectivity index (χ2v) is 1.05. The number of nitrogens with two attached hydrogens (primary N) is 1. The van der Waals surface area contributed by atoms with Gasteiger partial charge in [0.15, 0.2) is 5.70 Å². The van der Waals surface area contributed by atoms with Gasteiger partial charge in [0.05, 0.1) is 18.5 Å². The Morgan fingerprint density at radius 1 is 1.56 bits per heavy atom. The zero-order chi connectivity index (χ0) is 7.11. The van der Waals surface area contributed by atoms with Crippen molar-refractivity contribution in [2.75, 3.05) is 0 Å². The molecule has 0 spiro atoms. The summed E-state index contributed by atoms with van der Waals surface area (Å²) < 4.78 is 0. The first-order valence-electron chi connectivity index (χ1n) is 2.09. The summed E-state index contributed by atoms with van der Waals surface area (Å²) in [4.78, 5) is 3.36. The van der Waals surface area contributed by atoms with Crippen LogP contribution in [0, 0.1) is 22.7 Å². The molecule has 4 heteroatoms. The number of allylic oxidation sites excluding steroid dienone is 2. The van der Waals surface area contributed by atoms with Crippen molar-refractivity contribution in [1.29, 1.82) is 10.5 Å². The fraction of sp³-hybridized carbons (Fsp3) is 0. The van der Waals surface area contributed by atoms with E-state index in [1.54, 1.807) is 12.1 Å². The quantitative estimate of drug-likeness (QED) is 0.298. The van der Waals surface area contributed by atoms with Gasteiger partial charge in [0.2, 0.25) is 0 Å². The van der Waals surface area contributed by atoms with E-state index in [1.807, 2.05) is 0 Å². The van der Waals surface area contributed by atoms with Crippen molar-refractivity contribution in [3.8, 4) is 12.1 Å². The standard InChI is InChI=1S/C5H4N4/c6-2-1-5(3-7)9-4-8/h1,4H,(H2,8,9). The molecule has 0 aromatic heterocycles. The molecular formula is C5H4N4. The van der Waals surface area contributed by atoms with E-state index in [1.165, 1.54) is 0 Å². The lowest BCUT2D eigenvalue weighted by Crippen LogP contribution is -1.88. The van der Waals surface area contributed by atoms with E-state index < -0.39 is 0 Å². The summed E-state index contributed by atoms with van der Waals surface area (Å²) in [5.41, 5.74) is 4.86. The molecular weight excluding hydrogens is 116 g/mol. The molecule has 0 aliphatic rings. The van der Waals surface area contributed by atoms with Crippen molar-refractivity contribution >= 4 is 6.34 Å². The summed E-state index contributed by atoms with van der Waals surface area (Å²) in [7, 11) is 0. The second kappa shape index (κ2) is 4.35. The molecule has 0 heterocycles. The number of hydrogen-bond donors (Lipinski definition) is 1. The SMILES string of the molecule is N#CC=C(C#N)N=CN. The third-order valence-corrected chi connectivity index (χ3v) is 0.529. The molecule has 0 rings (SSSR count). The highest BCUT2D eigenvalue weighted by atomic mass is 14.8. The molecule has 9 heavy (non-hydrogen) atoms. The summed E-state index contributed by atoms with van der Waals surface area (Å²) in [6.07, 6.45) is 1.98. The van der Waals surface area contributed by atoms with Crippen LogP contribution in [-0.4, -0.2) is 6.34 Å². The number of rotatable bonds is 1. The van der Waals surface area contributed by atoms with Crippen LogP contribution in [0.5, 0.6) is 0 Å². The second-order valence-electron chi connectivity index (χ2n) is 1.05. The van der Waals surface area contributed by atoms with Crippen LogP contribution in [0.2, 0.25) is 0 Å². The Bertz CT molecular complexity index is 212. The van der Waals surface area contributed by atoms with Gasteiger partial charge in [-0.2, -0.15) is 10.5 Å². The van der Waals surface area contributed by atoms with Gasteiger partial charge in [-0.1, -0.05) is 0 Å². The molecule has 0 saturated carbocycles. The van der Waals surface area contributed by atoms with Gasteiger partial charge in [-0.3, -0.25) is 0 Å². The molecule has 0 radical (unpaired) electrons. The Hall–Kier alpha value is -1.81. The van der Waals surface area contributed by atoms with Crippen LogP contribution in [0.15, 0.2) is 16.8 Å². The summed E-state index contributed by atoms with van der Waals surface area (Å²) in [5, 5.41) is 16.2. The van der Waals surface area contributed by atoms with Gasteiger partial charge >= 0.3 is 0 Å². The fourth-order valence-corrected chi connectivity index (χ4v) is 0.240. The van der Waals surface area contributed by atoms with E-state index >= 15 is 0 Å². The number of hydrogen-bond acceptors (Lipinski definition) is 3. The Morgan fingerprint density at radius 2 is 2.22 bits per heavy atom. The molecule has 0 aromatic rings. The topological polar surface area (TPSA) is 86.0 Å². The molecule has 0 saturated heterocycles. The van der Waals surface area contributed by atoms with E-state index in [2.05, 4.69) is 4.99 Å². The Labute approximate surface area is 52.5 Å². The van der Waals surface area contributed by atoms with Crippen LogP contribution in [0.4, 0.5) is 0 Å². The van der Waals surface area contributed by atoms with Gasteiger partial charge in [0.1, 0.15) is 6.07 Å². The van der Waals surface area contributed by atoms with Gasteiger partial charge in [0.25, 0.3) is 0 Å². The van der Waals surface area contributed by atoms with Crippen molar-refractivity contribution < 1.29 is 0 Å². The van der Waals surface area contributed by atoms with Gasteiger partial charge in [0, 0.05) is 0 Å². The van der Waals surface area contributed by atoms with Gasteiger partial charge < -0.3 is 5.73 Å². The van der Waals surface area contributed by atoms with Crippen molar-refractivity contribution in [3.05, 3.63) is 11.8 Å². The third-order valence-electron chi connectivity index (χ3n) is 0.529. The summed E-state index contributed by atoms with van der Waals surface area (Å²) in [6, 6.07) is 3.31. The molecule has 44 valence electrons. The molecule has 0 unspecified atom stereocenters.